The van der Waals surface area contributed by atoms with E-state index >= 15 is 0 Å². The van der Waals surface area contributed by atoms with Gasteiger partial charge < -0.3 is 4.90 Å². The number of nitrogens with one attached hydrogen (secondary N) is 1. The van der Waals surface area contributed by atoms with E-state index in [1.807, 2.05) is 30.0 Å². The highest BCUT2D eigenvalue weighted by atomic mass is 35.5. The molecule has 2 aliphatic rings. The Hall–Kier alpha value is -1.55. The lowest BCUT2D eigenvalue weighted by molar-refractivity contribution is -0.121. The highest BCUT2D eigenvalue weighted by Crippen LogP contribution is 2.33. The minimum absolute atomic E-state index is 0.0114. The number of guanidine groups is 1. The number of nitrogens with zero attached hydrogens (tertiary/aromatic N) is 2. The summed E-state index contributed by atoms with van der Waals surface area (Å²) >= 11 is 6.12. The molecule has 2 heterocycles. The summed E-state index contributed by atoms with van der Waals surface area (Å²) in [5, 5.41) is 3.46. The molecule has 1 atom stereocenters. The second kappa shape index (κ2) is 3.22. The van der Waals surface area contributed by atoms with E-state index in [9.17, 15) is 4.79 Å². The average Bonchev–Trinajstić information content (AvgIpc) is 2.53. The summed E-state index contributed by atoms with van der Waals surface area (Å²) in [4.78, 5) is 17.8. The van der Waals surface area contributed by atoms with E-state index in [2.05, 4.69) is 10.3 Å². The molecular formula is C11H10ClN3O. The number of aliphatic imine (C=N–C) groups is 1. The first-order valence-corrected chi connectivity index (χ1v) is 5.48. The van der Waals surface area contributed by atoms with Crippen molar-refractivity contribution in [3.05, 3.63) is 28.8 Å². The van der Waals surface area contributed by atoms with Gasteiger partial charge in [-0.15, -0.1) is 0 Å². The summed E-state index contributed by atoms with van der Waals surface area (Å²) in [5.41, 5.74) is 1.82. The molecule has 5 heteroatoms. The van der Waals surface area contributed by atoms with Gasteiger partial charge in [-0.1, -0.05) is 17.7 Å². The van der Waals surface area contributed by atoms with E-state index < -0.39 is 0 Å². The maximum atomic E-state index is 11.5. The van der Waals surface area contributed by atoms with Gasteiger partial charge in [-0.05, 0) is 19.1 Å². The fourth-order valence-corrected chi connectivity index (χ4v) is 2.24. The van der Waals surface area contributed by atoms with E-state index in [0.29, 0.717) is 17.5 Å². The number of hydrogen-bond donors (Lipinski definition) is 1. The van der Waals surface area contributed by atoms with Crippen molar-refractivity contribution in [2.45, 2.75) is 19.5 Å². The van der Waals surface area contributed by atoms with Crippen molar-refractivity contribution in [2.75, 3.05) is 0 Å². The van der Waals surface area contributed by atoms with Gasteiger partial charge in [-0.25, -0.2) is 4.99 Å². The van der Waals surface area contributed by atoms with Crippen LogP contribution in [0, 0.1) is 0 Å². The normalized spacial score (nSPS) is 22.4. The first kappa shape index (κ1) is 9.66. The Balaban J connectivity index is 2.11. The summed E-state index contributed by atoms with van der Waals surface area (Å²) in [6.07, 6.45) is 0. The molecule has 0 spiro atoms. The number of carbonyl (C=O) groups is 1. The molecule has 4 nitrogen and oxygen atoms in total. The number of hydrogen-bond acceptors (Lipinski definition) is 3. The van der Waals surface area contributed by atoms with Gasteiger partial charge in [0.25, 0.3) is 0 Å². The minimum Gasteiger partial charge on any atom is -0.326 e. The number of carbonyl (C=O) groups excluding carboxylic acids is 1. The highest BCUT2D eigenvalue weighted by molar-refractivity contribution is 6.31. The Kier molecular flexibility index (Phi) is 1.94. The van der Waals surface area contributed by atoms with E-state index in [4.69, 9.17) is 11.6 Å². The molecule has 0 saturated carbocycles. The molecule has 0 unspecified atom stereocenters. The van der Waals surface area contributed by atoms with Crippen LogP contribution < -0.4 is 5.32 Å². The Morgan fingerprint density at radius 2 is 2.38 bits per heavy atom. The van der Waals surface area contributed by atoms with Crippen LogP contribution in [0.15, 0.2) is 23.2 Å². The number of rotatable bonds is 0. The van der Waals surface area contributed by atoms with Gasteiger partial charge in [0.1, 0.15) is 6.04 Å². The lowest BCUT2D eigenvalue weighted by Gasteiger charge is -2.26. The monoisotopic (exact) mass is 235 g/mol. The lowest BCUT2D eigenvalue weighted by atomic mass is 10.1. The molecule has 1 aromatic carbocycles. The molecule has 1 fully saturated rings. The Morgan fingerprint density at radius 3 is 3.19 bits per heavy atom. The van der Waals surface area contributed by atoms with Gasteiger partial charge >= 0.3 is 0 Å². The molecule has 1 saturated heterocycles. The molecule has 82 valence electrons. The molecule has 0 bridgehead atoms. The second-order valence-electron chi connectivity index (χ2n) is 3.97. The zero-order valence-corrected chi connectivity index (χ0v) is 9.45. The molecule has 0 aromatic heterocycles. The number of halogens is 1. The molecule has 1 N–H and O–H groups in total. The van der Waals surface area contributed by atoms with Crippen LogP contribution in [0.5, 0.6) is 0 Å². The summed E-state index contributed by atoms with van der Waals surface area (Å²) in [7, 11) is 0. The van der Waals surface area contributed by atoms with Gasteiger partial charge in [-0.3, -0.25) is 10.1 Å². The van der Waals surface area contributed by atoms with Crippen LogP contribution >= 0.6 is 11.6 Å². The van der Waals surface area contributed by atoms with Crippen LogP contribution in [0.25, 0.3) is 0 Å². The fraction of sp³-hybridized carbons (Fsp3) is 0.273. The van der Waals surface area contributed by atoms with Gasteiger partial charge in [-0.2, -0.15) is 0 Å². The predicted octanol–water partition coefficient (Wildman–Crippen LogP) is 1.66. The smallest absolute Gasteiger partial charge is 0.249 e. The molecule has 16 heavy (non-hydrogen) atoms. The molecule has 0 aliphatic carbocycles. The van der Waals surface area contributed by atoms with Gasteiger partial charge in [0.05, 0.1) is 12.2 Å². The van der Waals surface area contributed by atoms with Crippen molar-refractivity contribution in [2.24, 2.45) is 4.99 Å². The first-order valence-electron chi connectivity index (χ1n) is 5.10. The topological polar surface area (TPSA) is 44.7 Å². The predicted molar refractivity (Wildman–Crippen MR) is 61.7 cm³/mol. The average molecular weight is 236 g/mol. The Bertz CT molecular complexity index is 512. The maximum absolute atomic E-state index is 11.5. The van der Waals surface area contributed by atoms with Crippen molar-refractivity contribution < 1.29 is 4.79 Å². The third-order valence-electron chi connectivity index (χ3n) is 3.00. The third-order valence-corrected chi connectivity index (χ3v) is 3.36. The van der Waals surface area contributed by atoms with Gasteiger partial charge in [0, 0.05) is 10.6 Å². The minimum atomic E-state index is -0.178. The number of benzene rings is 1. The summed E-state index contributed by atoms with van der Waals surface area (Å²) < 4.78 is 0. The van der Waals surface area contributed by atoms with Crippen molar-refractivity contribution in [3.63, 3.8) is 0 Å². The Labute approximate surface area is 97.9 Å². The lowest BCUT2D eigenvalue weighted by Crippen LogP contribution is -2.35. The maximum Gasteiger partial charge on any atom is 0.249 e. The van der Waals surface area contributed by atoms with Crippen molar-refractivity contribution in [3.8, 4) is 0 Å². The highest BCUT2D eigenvalue weighted by Gasteiger charge is 2.36. The van der Waals surface area contributed by atoms with Gasteiger partial charge in [0.2, 0.25) is 11.9 Å². The van der Waals surface area contributed by atoms with Crippen LogP contribution in [-0.4, -0.2) is 22.8 Å². The molecule has 1 aromatic rings. The first-order chi connectivity index (χ1) is 7.66. The quantitative estimate of drug-likeness (QED) is 0.743. The van der Waals surface area contributed by atoms with Crippen molar-refractivity contribution in [1.29, 1.82) is 0 Å². The summed E-state index contributed by atoms with van der Waals surface area (Å²) in [6.45, 7) is 2.49. The largest absolute Gasteiger partial charge is 0.326 e. The Morgan fingerprint density at radius 1 is 1.56 bits per heavy atom. The zero-order valence-electron chi connectivity index (χ0n) is 8.70. The summed E-state index contributed by atoms with van der Waals surface area (Å²) in [6, 6.07) is 5.43. The summed E-state index contributed by atoms with van der Waals surface area (Å²) in [5.74, 6) is 0.620. The van der Waals surface area contributed by atoms with Crippen LogP contribution in [0.1, 0.15) is 12.5 Å². The van der Waals surface area contributed by atoms with E-state index in [0.717, 1.165) is 11.3 Å². The van der Waals surface area contributed by atoms with E-state index in [1.54, 1.807) is 0 Å². The second-order valence-corrected chi connectivity index (χ2v) is 4.37. The van der Waals surface area contributed by atoms with Gasteiger partial charge in [0.15, 0.2) is 0 Å². The van der Waals surface area contributed by atoms with Crippen LogP contribution in [0.3, 0.4) is 0 Å². The molecule has 3 rings (SSSR count). The number of amides is 1. The van der Waals surface area contributed by atoms with Crippen molar-refractivity contribution in [1.82, 2.24) is 10.2 Å². The molecule has 2 aliphatic heterocycles. The third kappa shape index (κ3) is 1.23. The molecule has 0 radical (unpaired) electrons. The van der Waals surface area contributed by atoms with Crippen molar-refractivity contribution >= 4 is 29.2 Å². The number of fused-ring (bicyclic) bond motifs is 2. The van der Waals surface area contributed by atoms with Crippen LogP contribution in [-0.2, 0) is 11.3 Å². The fourth-order valence-electron chi connectivity index (χ4n) is 2.01. The van der Waals surface area contributed by atoms with Crippen LogP contribution in [0.2, 0.25) is 5.02 Å². The standard InChI is InChI=1S/C11H10ClN3O/c1-6-10(16)14-11-13-9-4-2-3-8(12)7(9)5-15(6)11/h2-4,6H,5H2,1H3,(H,13,14,16)/t6-/m1/s1. The zero-order chi connectivity index (χ0) is 11.3. The molecular weight excluding hydrogens is 226 g/mol. The van der Waals surface area contributed by atoms with E-state index in [1.165, 1.54) is 0 Å². The molecule has 1 amide bonds. The van der Waals surface area contributed by atoms with Crippen LogP contribution in [0.4, 0.5) is 5.69 Å². The van der Waals surface area contributed by atoms with E-state index in [-0.39, 0.29) is 11.9 Å². The SMILES string of the molecule is C[C@@H]1C(=O)NC2=Nc3cccc(Cl)c3CN21.